The molecular weight excluding hydrogens is 307 g/mol. The van der Waals surface area contributed by atoms with Crippen LogP contribution in [-0.2, 0) is 4.79 Å². The van der Waals surface area contributed by atoms with Crippen molar-refractivity contribution in [1.29, 1.82) is 0 Å². The topological polar surface area (TPSA) is 86.9 Å². The van der Waals surface area contributed by atoms with Crippen LogP contribution in [0.4, 0.5) is 0 Å². The molecule has 15 heavy (non-hydrogen) atoms. The molecule has 0 radical (unpaired) electrons. The highest BCUT2D eigenvalue weighted by molar-refractivity contribution is 14.1. The van der Waals surface area contributed by atoms with Gasteiger partial charge >= 0.3 is 0 Å². The minimum atomic E-state index is -0.989. The van der Waals surface area contributed by atoms with E-state index in [0.717, 1.165) is 3.57 Å². The Morgan fingerprint density at radius 2 is 2.40 bits per heavy atom. The standard InChI is InChI=1S/C9H15IN4O/c1-6(3-9(2,12)8(11)15)14-5-7(10)4-13-14/h4-6H,3,12H2,1-2H3,(H2,11,15). The van der Waals surface area contributed by atoms with Gasteiger partial charge in [0.25, 0.3) is 0 Å². The first-order chi connectivity index (χ1) is 6.83. The predicted molar refractivity (Wildman–Crippen MR) is 66.1 cm³/mol. The van der Waals surface area contributed by atoms with Crippen LogP contribution in [0.1, 0.15) is 26.3 Å². The first-order valence-corrected chi connectivity index (χ1v) is 5.69. The number of hydrogen-bond acceptors (Lipinski definition) is 3. The van der Waals surface area contributed by atoms with E-state index in [1.165, 1.54) is 0 Å². The van der Waals surface area contributed by atoms with Crippen LogP contribution in [0.25, 0.3) is 0 Å². The third-order valence-electron chi connectivity index (χ3n) is 2.30. The predicted octanol–water partition coefficient (Wildman–Crippen LogP) is 0.641. The van der Waals surface area contributed by atoms with E-state index in [0.29, 0.717) is 6.42 Å². The minimum absolute atomic E-state index is 0.0519. The van der Waals surface area contributed by atoms with E-state index in [-0.39, 0.29) is 6.04 Å². The molecule has 84 valence electrons. The van der Waals surface area contributed by atoms with Gasteiger partial charge in [0.15, 0.2) is 0 Å². The number of nitrogens with zero attached hydrogens (tertiary/aromatic N) is 2. The first kappa shape index (κ1) is 12.4. The number of nitrogens with two attached hydrogens (primary N) is 2. The average Bonchev–Trinajstić information content (AvgIpc) is 2.50. The van der Waals surface area contributed by atoms with E-state index < -0.39 is 11.4 Å². The largest absolute Gasteiger partial charge is 0.368 e. The van der Waals surface area contributed by atoms with Gasteiger partial charge in [-0.3, -0.25) is 9.48 Å². The third kappa shape index (κ3) is 3.16. The normalized spacial score (nSPS) is 17.1. The van der Waals surface area contributed by atoms with Crippen LogP contribution in [-0.4, -0.2) is 21.2 Å². The van der Waals surface area contributed by atoms with Crippen molar-refractivity contribution in [1.82, 2.24) is 9.78 Å². The molecule has 0 aliphatic heterocycles. The Bertz CT molecular complexity index is 361. The zero-order valence-electron chi connectivity index (χ0n) is 8.77. The average molecular weight is 322 g/mol. The number of amides is 1. The van der Waals surface area contributed by atoms with Crippen molar-refractivity contribution in [3.63, 3.8) is 0 Å². The Morgan fingerprint density at radius 3 is 2.80 bits per heavy atom. The van der Waals surface area contributed by atoms with Gasteiger partial charge < -0.3 is 11.5 Å². The van der Waals surface area contributed by atoms with Gasteiger partial charge in [-0.2, -0.15) is 5.10 Å². The van der Waals surface area contributed by atoms with Gasteiger partial charge in [-0.05, 0) is 42.9 Å². The summed E-state index contributed by atoms with van der Waals surface area (Å²) in [5, 5.41) is 4.16. The highest BCUT2D eigenvalue weighted by atomic mass is 127. The van der Waals surface area contributed by atoms with Gasteiger partial charge in [0, 0.05) is 6.20 Å². The summed E-state index contributed by atoms with van der Waals surface area (Å²) in [7, 11) is 0. The summed E-state index contributed by atoms with van der Waals surface area (Å²) < 4.78 is 2.84. The van der Waals surface area contributed by atoms with Crippen molar-refractivity contribution < 1.29 is 4.79 Å². The van der Waals surface area contributed by atoms with Crippen molar-refractivity contribution in [2.45, 2.75) is 31.8 Å². The molecule has 5 nitrogen and oxygen atoms in total. The van der Waals surface area contributed by atoms with Crippen molar-refractivity contribution in [3.8, 4) is 0 Å². The fraction of sp³-hybridized carbons (Fsp3) is 0.556. The molecule has 1 aromatic heterocycles. The lowest BCUT2D eigenvalue weighted by Crippen LogP contribution is -2.50. The second-order valence-corrected chi connectivity index (χ2v) is 5.22. The van der Waals surface area contributed by atoms with E-state index in [9.17, 15) is 4.79 Å². The Balaban J connectivity index is 2.71. The molecule has 1 aromatic rings. The monoisotopic (exact) mass is 322 g/mol. The molecule has 6 heteroatoms. The number of rotatable bonds is 4. The minimum Gasteiger partial charge on any atom is -0.368 e. The lowest BCUT2D eigenvalue weighted by atomic mass is 9.94. The third-order valence-corrected chi connectivity index (χ3v) is 2.86. The maximum absolute atomic E-state index is 11.1. The number of primary amides is 1. The molecule has 0 spiro atoms. The van der Waals surface area contributed by atoms with Crippen molar-refractivity contribution in [3.05, 3.63) is 16.0 Å². The Morgan fingerprint density at radius 1 is 1.80 bits per heavy atom. The second kappa shape index (κ2) is 4.48. The smallest absolute Gasteiger partial charge is 0.237 e. The molecule has 2 atom stereocenters. The molecule has 0 saturated heterocycles. The van der Waals surface area contributed by atoms with Crippen molar-refractivity contribution in [2.75, 3.05) is 0 Å². The summed E-state index contributed by atoms with van der Waals surface area (Å²) in [6, 6.07) is 0.0519. The van der Waals surface area contributed by atoms with Gasteiger partial charge in [0.2, 0.25) is 5.91 Å². The Labute approximate surface area is 102 Å². The van der Waals surface area contributed by atoms with Crippen molar-refractivity contribution in [2.24, 2.45) is 11.5 Å². The molecule has 0 fully saturated rings. The van der Waals surface area contributed by atoms with E-state index in [4.69, 9.17) is 11.5 Å². The number of hydrogen-bond donors (Lipinski definition) is 2. The van der Waals surface area contributed by atoms with Gasteiger partial charge in [-0.25, -0.2) is 0 Å². The van der Waals surface area contributed by atoms with Crippen LogP contribution in [0.5, 0.6) is 0 Å². The van der Waals surface area contributed by atoms with Gasteiger partial charge in [0.1, 0.15) is 0 Å². The van der Waals surface area contributed by atoms with Crippen LogP contribution in [0.3, 0.4) is 0 Å². The van der Waals surface area contributed by atoms with Crippen LogP contribution >= 0.6 is 22.6 Å². The lowest BCUT2D eigenvalue weighted by molar-refractivity contribution is -0.123. The summed E-state index contributed by atoms with van der Waals surface area (Å²) in [6.45, 7) is 3.59. The highest BCUT2D eigenvalue weighted by Gasteiger charge is 2.28. The van der Waals surface area contributed by atoms with Crippen molar-refractivity contribution >= 4 is 28.5 Å². The van der Waals surface area contributed by atoms with Crippen LogP contribution < -0.4 is 11.5 Å². The van der Waals surface area contributed by atoms with Crippen LogP contribution in [0.15, 0.2) is 12.4 Å². The quantitative estimate of drug-likeness (QED) is 0.798. The SMILES string of the molecule is CC(CC(C)(N)C(N)=O)n1cc(I)cn1. The van der Waals surface area contributed by atoms with Gasteiger partial charge in [0.05, 0.1) is 21.3 Å². The summed E-state index contributed by atoms with van der Waals surface area (Å²) in [5.41, 5.74) is 10.0. The Kier molecular flexibility index (Phi) is 3.72. The number of carbonyl (C=O) groups excluding carboxylic acids is 1. The zero-order chi connectivity index (χ0) is 11.6. The van der Waals surface area contributed by atoms with Crippen LogP contribution in [0.2, 0.25) is 0 Å². The lowest BCUT2D eigenvalue weighted by Gasteiger charge is -2.24. The summed E-state index contributed by atoms with van der Waals surface area (Å²) in [6.07, 6.45) is 4.14. The molecule has 4 N–H and O–H groups in total. The fourth-order valence-electron chi connectivity index (χ4n) is 1.36. The molecular formula is C9H15IN4O. The molecule has 0 aliphatic rings. The highest BCUT2D eigenvalue weighted by Crippen LogP contribution is 2.18. The fourth-order valence-corrected chi connectivity index (χ4v) is 1.77. The van der Waals surface area contributed by atoms with Crippen LogP contribution in [0, 0.1) is 3.57 Å². The van der Waals surface area contributed by atoms with E-state index in [2.05, 4.69) is 27.7 Å². The Hall–Kier alpha value is -0.630. The molecule has 2 unspecified atom stereocenters. The van der Waals surface area contributed by atoms with E-state index in [1.54, 1.807) is 17.8 Å². The molecule has 0 aromatic carbocycles. The number of aromatic nitrogens is 2. The second-order valence-electron chi connectivity index (χ2n) is 3.97. The molecule has 1 rings (SSSR count). The van der Waals surface area contributed by atoms with Gasteiger partial charge in [-0.1, -0.05) is 0 Å². The van der Waals surface area contributed by atoms with Gasteiger partial charge in [-0.15, -0.1) is 0 Å². The number of carbonyl (C=O) groups is 1. The zero-order valence-corrected chi connectivity index (χ0v) is 10.9. The summed E-state index contributed by atoms with van der Waals surface area (Å²) in [5.74, 6) is -0.490. The molecule has 1 heterocycles. The summed E-state index contributed by atoms with van der Waals surface area (Å²) >= 11 is 2.18. The summed E-state index contributed by atoms with van der Waals surface area (Å²) in [4.78, 5) is 11.1. The number of halogens is 1. The maximum atomic E-state index is 11.1. The molecule has 0 bridgehead atoms. The maximum Gasteiger partial charge on any atom is 0.237 e. The molecule has 1 amide bonds. The molecule has 0 saturated carbocycles. The van der Waals surface area contributed by atoms with E-state index >= 15 is 0 Å². The molecule has 0 aliphatic carbocycles. The van der Waals surface area contributed by atoms with E-state index in [1.807, 2.05) is 13.1 Å². The first-order valence-electron chi connectivity index (χ1n) is 4.61.